The molecule has 37 heavy (non-hydrogen) atoms. The van der Waals surface area contributed by atoms with Crippen LogP contribution in [0, 0.1) is 0 Å². The topological polar surface area (TPSA) is 71.4 Å². The molecule has 1 atom stereocenters. The van der Waals surface area contributed by atoms with Crippen molar-refractivity contribution in [2.24, 2.45) is 0 Å². The Hall–Kier alpha value is -1.89. The van der Waals surface area contributed by atoms with Crippen molar-refractivity contribution >= 4 is 15.9 Å². The first-order chi connectivity index (χ1) is 15.4. The minimum Gasteiger partial charge on any atom is -0.287 e. The minimum atomic E-state index is -9.33. The Labute approximate surface area is 186 Å². The molecule has 0 aromatic heterocycles. The van der Waals surface area contributed by atoms with Gasteiger partial charge in [-0.3, -0.25) is 9.35 Å². The van der Waals surface area contributed by atoms with Crippen molar-refractivity contribution in [3.8, 4) is 0 Å². The lowest BCUT2D eigenvalue weighted by Crippen LogP contribution is -2.76. The Morgan fingerprint density at radius 1 is 0.432 bits per heavy atom. The van der Waals surface area contributed by atoms with Gasteiger partial charge in [0.05, 0.1) is 0 Å². The SMILES string of the molecule is O=C(C(F)(F)C(F)(F)C(F)(F)C(F)(F)C(F)(F)C(F)(F)C(F)(F)C(F)(F)F)C(F)(C(F)(F)F)S(=O)(=O)O. The van der Waals surface area contributed by atoms with Gasteiger partial charge >= 0.3 is 68.9 Å². The summed E-state index contributed by atoms with van der Waals surface area (Å²) in [5.41, 5.74) is 0. The summed E-state index contributed by atoms with van der Waals surface area (Å²) >= 11 is 0. The molecule has 1 N–H and O–H groups in total. The van der Waals surface area contributed by atoms with Gasteiger partial charge in [-0.05, 0) is 0 Å². The fourth-order valence-corrected chi connectivity index (χ4v) is 2.56. The summed E-state index contributed by atoms with van der Waals surface area (Å²) in [7, 11) is -8.21. The molecule has 0 saturated carbocycles. The number of hydrogen-bond acceptors (Lipinski definition) is 3. The van der Waals surface area contributed by atoms with E-state index in [9.17, 15) is 105 Å². The van der Waals surface area contributed by atoms with Crippen molar-refractivity contribution in [1.82, 2.24) is 0 Å². The molecule has 0 aliphatic heterocycles. The van der Waals surface area contributed by atoms with Gasteiger partial charge in [-0.1, -0.05) is 0 Å². The Morgan fingerprint density at radius 3 is 0.892 bits per heavy atom. The molecule has 4 nitrogen and oxygen atoms in total. The molecule has 0 saturated heterocycles. The molecule has 0 spiro atoms. The molecular formula is C11HF21O4S. The second kappa shape index (κ2) is 8.30. The zero-order valence-electron chi connectivity index (χ0n) is 15.5. The Kier molecular flexibility index (Phi) is 7.88. The van der Waals surface area contributed by atoms with Crippen molar-refractivity contribution in [2.45, 2.75) is 58.8 Å². The lowest BCUT2D eigenvalue weighted by molar-refractivity contribution is -0.459. The maximum absolute atomic E-state index is 13.6. The van der Waals surface area contributed by atoms with Crippen LogP contribution in [0.25, 0.3) is 0 Å². The van der Waals surface area contributed by atoms with Crippen LogP contribution in [0.2, 0.25) is 0 Å². The van der Waals surface area contributed by atoms with Crippen LogP contribution >= 0.6 is 0 Å². The van der Waals surface area contributed by atoms with Gasteiger partial charge in [-0.2, -0.15) is 96.2 Å². The molecule has 0 aliphatic carbocycles. The molecule has 1 unspecified atom stereocenters. The maximum Gasteiger partial charge on any atom is 0.460 e. The summed E-state index contributed by atoms with van der Waals surface area (Å²) in [6, 6.07) is 0. The monoisotopic (exact) mass is 628 g/mol. The molecule has 0 aromatic carbocycles. The van der Waals surface area contributed by atoms with E-state index in [0.29, 0.717) is 0 Å². The third-order valence-corrected chi connectivity index (χ3v) is 5.15. The average Bonchev–Trinajstić information content (AvgIpc) is 2.62. The maximum atomic E-state index is 13.6. The molecule has 0 aromatic rings. The van der Waals surface area contributed by atoms with Crippen LogP contribution in [0.5, 0.6) is 0 Å². The van der Waals surface area contributed by atoms with Crippen molar-refractivity contribution in [2.75, 3.05) is 0 Å². The molecule has 26 heteroatoms. The summed E-state index contributed by atoms with van der Waals surface area (Å²) in [4.78, 5) is 10.9. The number of ketones is 1. The van der Waals surface area contributed by atoms with Crippen LogP contribution in [0.1, 0.15) is 0 Å². The largest absolute Gasteiger partial charge is 0.460 e. The van der Waals surface area contributed by atoms with Crippen molar-refractivity contribution in [3.05, 3.63) is 0 Å². The van der Waals surface area contributed by atoms with E-state index in [1.54, 1.807) is 0 Å². The zero-order valence-corrected chi connectivity index (χ0v) is 16.3. The van der Waals surface area contributed by atoms with E-state index >= 15 is 0 Å². The number of alkyl halides is 21. The number of carbonyl (C=O) groups is 1. The smallest absolute Gasteiger partial charge is 0.287 e. The fourth-order valence-electron chi connectivity index (χ4n) is 1.90. The van der Waals surface area contributed by atoms with Crippen LogP contribution in [0.3, 0.4) is 0 Å². The lowest BCUT2D eigenvalue weighted by atomic mass is 9.87. The number of Topliss-reactive ketones (excluding diaryl/α,β-unsaturated/α-hetero) is 1. The average molecular weight is 628 g/mol. The van der Waals surface area contributed by atoms with Gasteiger partial charge in [-0.15, -0.1) is 0 Å². The summed E-state index contributed by atoms with van der Waals surface area (Å²) in [5, 5.41) is -7.87. The minimum absolute atomic E-state index is 5.90. The third-order valence-electron chi connectivity index (χ3n) is 4.02. The summed E-state index contributed by atoms with van der Waals surface area (Å²) in [6.45, 7) is 0. The van der Waals surface area contributed by atoms with E-state index in [2.05, 4.69) is 0 Å². The third kappa shape index (κ3) is 4.24. The van der Waals surface area contributed by atoms with Crippen LogP contribution in [0.15, 0.2) is 0 Å². The van der Waals surface area contributed by atoms with Crippen molar-refractivity contribution in [3.63, 3.8) is 0 Å². The summed E-state index contributed by atoms with van der Waals surface area (Å²) in [6.07, 6.45) is -16.0. The Bertz CT molecular complexity index is 1000. The van der Waals surface area contributed by atoms with E-state index in [0.717, 1.165) is 0 Å². The molecule has 0 aliphatic rings. The van der Waals surface area contributed by atoms with Crippen LogP contribution in [-0.4, -0.2) is 77.6 Å². The standard InChI is InChI=1S/C11HF21O4S/c12-2(13,1(33)3(14,10(27,28)29)37(34,35)36)4(15,16)5(17,18)6(19,20)7(21,22)8(23,24)9(25,26)11(30,31)32/h(H,34,35,36). The molecule has 0 rings (SSSR count). The van der Waals surface area contributed by atoms with E-state index in [4.69, 9.17) is 4.55 Å². The van der Waals surface area contributed by atoms with Gasteiger partial charge in [-0.25, -0.2) is 4.39 Å². The number of hydrogen-bond donors (Lipinski definition) is 1. The molecule has 0 radical (unpaired) electrons. The molecule has 0 heterocycles. The number of rotatable bonds is 9. The predicted molar refractivity (Wildman–Crippen MR) is 67.1 cm³/mol. The van der Waals surface area contributed by atoms with E-state index in [1.807, 2.05) is 0 Å². The first kappa shape index (κ1) is 35.1. The zero-order chi connectivity index (χ0) is 31.1. The van der Waals surface area contributed by atoms with Gasteiger partial charge in [0.25, 0.3) is 5.78 Å². The second-order valence-electron chi connectivity index (χ2n) is 6.42. The van der Waals surface area contributed by atoms with E-state index < -0.39 is 74.7 Å². The molecule has 0 fully saturated rings. The number of carbonyl (C=O) groups excluding carboxylic acids is 1. The first-order valence-electron chi connectivity index (χ1n) is 7.39. The van der Waals surface area contributed by atoms with Crippen LogP contribution in [-0.2, 0) is 14.9 Å². The number of halogens is 21. The lowest BCUT2D eigenvalue weighted by Gasteiger charge is -2.42. The molecule has 222 valence electrons. The molecule has 0 bridgehead atoms. The molecular weight excluding hydrogens is 627 g/mol. The second-order valence-corrected chi connectivity index (χ2v) is 7.93. The van der Waals surface area contributed by atoms with E-state index in [1.165, 1.54) is 0 Å². The van der Waals surface area contributed by atoms with E-state index in [-0.39, 0.29) is 0 Å². The predicted octanol–water partition coefficient (Wildman–Crippen LogP) is 5.68. The van der Waals surface area contributed by atoms with Gasteiger partial charge in [0.1, 0.15) is 0 Å². The van der Waals surface area contributed by atoms with Crippen LogP contribution in [0.4, 0.5) is 92.2 Å². The summed E-state index contributed by atoms with van der Waals surface area (Å²) < 4.78 is 300. The van der Waals surface area contributed by atoms with Crippen molar-refractivity contribution in [1.29, 1.82) is 0 Å². The van der Waals surface area contributed by atoms with Gasteiger partial charge in [0.15, 0.2) is 0 Å². The highest BCUT2D eigenvalue weighted by molar-refractivity contribution is 7.88. The highest BCUT2D eigenvalue weighted by atomic mass is 32.2. The Balaban J connectivity index is 7.31. The quantitative estimate of drug-likeness (QED) is 0.264. The highest BCUT2D eigenvalue weighted by Crippen LogP contribution is 2.64. The highest BCUT2D eigenvalue weighted by Gasteiger charge is 2.96. The summed E-state index contributed by atoms with van der Waals surface area (Å²) in [5.74, 6) is -69.2. The van der Waals surface area contributed by atoms with Crippen molar-refractivity contribution < 1.29 is 110 Å². The van der Waals surface area contributed by atoms with Crippen LogP contribution < -0.4 is 0 Å². The first-order valence-corrected chi connectivity index (χ1v) is 8.83. The fraction of sp³-hybridized carbons (Fsp3) is 0.909. The van der Waals surface area contributed by atoms with Gasteiger partial charge < -0.3 is 0 Å². The normalized spacial score (nSPS) is 18.0. The Morgan fingerprint density at radius 2 is 0.676 bits per heavy atom. The van der Waals surface area contributed by atoms with Gasteiger partial charge in [0.2, 0.25) is 0 Å². The van der Waals surface area contributed by atoms with Gasteiger partial charge in [0, 0.05) is 0 Å². The molecule has 0 amide bonds.